The van der Waals surface area contributed by atoms with Gasteiger partial charge < -0.3 is 25.3 Å². The van der Waals surface area contributed by atoms with Crippen LogP contribution in [0.15, 0.2) is 11.0 Å². The first kappa shape index (κ1) is 18.7. The van der Waals surface area contributed by atoms with Crippen molar-refractivity contribution in [3.8, 4) is 6.07 Å². The smallest absolute Gasteiger partial charge is 0.209 e. The Morgan fingerprint density at radius 3 is 2.57 bits per heavy atom. The maximum Gasteiger partial charge on any atom is 0.209 e. The molecule has 0 bridgehead atoms. The number of nitrogens with two attached hydrogens (primary N) is 1. The van der Waals surface area contributed by atoms with Gasteiger partial charge in [0, 0.05) is 32.4 Å². The number of nitriles is 1. The van der Waals surface area contributed by atoms with Crippen LogP contribution >= 0.6 is 0 Å². The van der Waals surface area contributed by atoms with Crippen molar-refractivity contribution in [3.63, 3.8) is 0 Å². The molecular formula is C19H21F2N5O2. The number of fused-ring (bicyclic) bond motifs is 1. The third-order valence-electron chi connectivity index (χ3n) is 5.68. The molecule has 2 aromatic rings. The van der Waals surface area contributed by atoms with E-state index in [1.165, 1.54) is 6.20 Å². The Morgan fingerprint density at radius 2 is 2.04 bits per heavy atom. The van der Waals surface area contributed by atoms with E-state index in [0.717, 1.165) is 12.8 Å². The molecule has 148 valence electrons. The summed E-state index contributed by atoms with van der Waals surface area (Å²) in [6.07, 6.45) is 2.70. The number of halogens is 2. The minimum Gasteiger partial charge on any atom is -0.396 e. The van der Waals surface area contributed by atoms with Gasteiger partial charge in [-0.15, -0.1) is 0 Å². The lowest BCUT2D eigenvalue weighted by Crippen LogP contribution is -2.37. The third kappa shape index (κ3) is 2.64. The van der Waals surface area contributed by atoms with Gasteiger partial charge in [0.1, 0.15) is 17.3 Å². The molecule has 0 amide bonds. The molecular weight excluding hydrogens is 368 g/mol. The van der Waals surface area contributed by atoms with Crippen LogP contribution in [0.25, 0.3) is 10.9 Å². The van der Waals surface area contributed by atoms with Crippen molar-refractivity contribution in [1.82, 2.24) is 9.88 Å². The van der Waals surface area contributed by atoms with Gasteiger partial charge >= 0.3 is 0 Å². The molecule has 2 fully saturated rings. The molecule has 1 aromatic heterocycles. The zero-order valence-corrected chi connectivity index (χ0v) is 15.6. The number of nitrogens with one attached hydrogen (secondary N) is 1. The van der Waals surface area contributed by atoms with E-state index in [-0.39, 0.29) is 46.9 Å². The Balaban J connectivity index is 1.99. The van der Waals surface area contributed by atoms with Gasteiger partial charge in [-0.05, 0) is 19.9 Å². The lowest BCUT2D eigenvalue weighted by atomic mass is 10.1. The molecule has 3 N–H and O–H groups in total. The van der Waals surface area contributed by atoms with Crippen LogP contribution in [0.5, 0.6) is 0 Å². The van der Waals surface area contributed by atoms with E-state index in [1.54, 1.807) is 29.7 Å². The molecule has 28 heavy (non-hydrogen) atoms. The first-order valence-electron chi connectivity index (χ1n) is 9.13. The molecule has 0 unspecified atom stereocenters. The lowest BCUT2D eigenvalue weighted by Gasteiger charge is -2.23. The standard InChI is InChI=1S/C19H21F2N5O2/c1-24-11-7-25(8-12(11)28-2)18-14(20)16(23)13-17(15(18)21)26(10-3-4-10)6-9(5-22)19(13)27/h6,10-12,24H,3-4,7-8,23H2,1-2H3/t11-,12+/m0/s1. The van der Waals surface area contributed by atoms with Crippen LogP contribution in [-0.4, -0.2) is 44.0 Å². The Bertz CT molecular complexity index is 1050. The summed E-state index contributed by atoms with van der Waals surface area (Å²) in [5.41, 5.74) is 4.32. The minimum atomic E-state index is -0.980. The minimum absolute atomic E-state index is 0.0298. The van der Waals surface area contributed by atoms with Crippen LogP contribution in [0.4, 0.5) is 20.2 Å². The van der Waals surface area contributed by atoms with Crippen molar-refractivity contribution in [2.24, 2.45) is 0 Å². The molecule has 2 aliphatic rings. The highest BCUT2D eigenvalue weighted by atomic mass is 19.1. The molecule has 2 atom stereocenters. The van der Waals surface area contributed by atoms with E-state index in [1.807, 2.05) is 0 Å². The SMILES string of the molecule is CN[C@H]1CN(c2c(F)c(N)c3c(=O)c(C#N)cn(C4CC4)c3c2F)C[C@H]1OC. The Labute approximate surface area is 160 Å². The van der Waals surface area contributed by atoms with E-state index >= 15 is 8.78 Å². The number of pyridine rings is 1. The molecule has 7 nitrogen and oxygen atoms in total. The molecule has 1 saturated heterocycles. The second kappa shape index (κ2) is 6.72. The van der Waals surface area contributed by atoms with Crippen LogP contribution < -0.4 is 21.4 Å². The van der Waals surface area contributed by atoms with Gasteiger partial charge in [-0.2, -0.15) is 5.26 Å². The first-order chi connectivity index (χ1) is 13.4. The number of nitrogens with zero attached hydrogens (tertiary/aromatic N) is 3. The van der Waals surface area contributed by atoms with Gasteiger partial charge in [0.15, 0.2) is 11.6 Å². The van der Waals surface area contributed by atoms with Gasteiger partial charge in [0.05, 0.1) is 28.7 Å². The summed E-state index contributed by atoms with van der Waals surface area (Å²) >= 11 is 0. The van der Waals surface area contributed by atoms with Crippen molar-refractivity contribution in [1.29, 1.82) is 5.26 Å². The topological polar surface area (TPSA) is 96.3 Å². The second-order valence-electron chi connectivity index (χ2n) is 7.31. The molecule has 1 saturated carbocycles. The van der Waals surface area contributed by atoms with Crippen LogP contribution in [-0.2, 0) is 4.74 Å². The van der Waals surface area contributed by atoms with Gasteiger partial charge in [0.25, 0.3) is 0 Å². The summed E-state index contributed by atoms with van der Waals surface area (Å²) < 4.78 is 37.8. The van der Waals surface area contributed by atoms with Crippen molar-refractivity contribution in [2.45, 2.75) is 31.0 Å². The summed E-state index contributed by atoms with van der Waals surface area (Å²) in [4.78, 5) is 14.2. The second-order valence-corrected chi connectivity index (χ2v) is 7.31. The molecule has 1 aliphatic carbocycles. The van der Waals surface area contributed by atoms with Crippen LogP contribution in [0.2, 0.25) is 0 Å². The van der Waals surface area contributed by atoms with E-state index in [2.05, 4.69) is 5.32 Å². The summed E-state index contributed by atoms with van der Waals surface area (Å²) in [6, 6.07) is 1.67. The van der Waals surface area contributed by atoms with Crippen molar-refractivity contribution in [2.75, 3.05) is 37.9 Å². The zero-order chi connectivity index (χ0) is 20.2. The maximum absolute atomic E-state index is 15.6. The van der Waals surface area contributed by atoms with Gasteiger partial charge in [0.2, 0.25) is 5.43 Å². The highest BCUT2D eigenvalue weighted by Crippen LogP contribution is 2.42. The average Bonchev–Trinajstić information content (AvgIpc) is 3.45. The molecule has 4 rings (SSSR count). The van der Waals surface area contributed by atoms with Crippen LogP contribution in [0, 0.1) is 23.0 Å². The zero-order valence-electron chi connectivity index (χ0n) is 15.6. The molecule has 1 aromatic carbocycles. The number of rotatable bonds is 4. The summed E-state index contributed by atoms with van der Waals surface area (Å²) in [5, 5.41) is 12.1. The average molecular weight is 389 g/mol. The molecule has 2 heterocycles. The quantitative estimate of drug-likeness (QED) is 0.770. The Morgan fingerprint density at radius 1 is 1.32 bits per heavy atom. The molecule has 1 aliphatic heterocycles. The fourth-order valence-electron chi connectivity index (χ4n) is 4.02. The van der Waals surface area contributed by atoms with E-state index < -0.39 is 22.8 Å². The number of anilines is 2. The molecule has 9 heteroatoms. The number of ether oxygens (including phenoxy) is 1. The highest BCUT2D eigenvalue weighted by Gasteiger charge is 2.37. The van der Waals surface area contributed by atoms with E-state index in [4.69, 9.17) is 10.5 Å². The van der Waals surface area contributed by atoms with Gasteiger partial charge in [-0.25, -0.2) is 8.78 Å². The predicted octanol–water partition coefficient (Wildman–Crippen LogP) is 1.49. The number of hydrogen-bond acceptors (Lipinski definition) is 6. The Hall–Kier alpha value is -2.70. The fourth-order valence-corrected chi connectivity index (χ4v) is 4.02. The first-order valence-corrected chi connectivity index (χ1v) is 9.13. The highest BCUT2D eigenvalue weighted by molar-refractivity contribution is 5.96. The molecule has 0 radical (unpaired) electrons. The molecule has 0 spiro atoms. The predicted molar refractivity (Wildman–Crippen MR) is 101 cm³/mol. The van der Waals surface area contributed by atoms with Crippen molar-refractivity contribution in [3.05, 3.63) is 33.6 Å². The number of aromatic nitrogens is 1. The van der Waals surface area contributed by atoms with Crippen LogP contribution in [0.1, 0.15) is 24.4 Å². The van der Waals surface area contributed by atoms with Crippen LogP contribution in [0.3, 0.4) is 0 Å². The number of hydrogen-bond donors (Lipinski definition) is 2. The van der Waals surface area contributed by atoms with E-state index in [9.17, 15) is 10.1 Å². The number of methoxy groups -OCH3 is 1. The monoisotopic (exact) mass is 389 g/mol. The third-order valence-corrected chi connectivity index (χ3v) is 5.68. The van der Waals surface area contributed by atoms with Crippen molar-refractivity contribution < 1.29 is 13.5 Å². The normalized spacial score (nSPS) is 22.0. The summed E-state index contributed by atoms with van der Waals surface area (Å²) in [6.45, 7) is 0.614. The lowest BCUT2D eigenvalue weighted by molar-refractivity contribution is 0.0996. The van der Waals surface area contributed by atoms with Gasteiger partial charge in [-0.1, -0.05) is 0 Å². The Kier molecular flexibility index (Phi) is 4.48. The fraction of sp³-hybridized carbons (Fsp3) is 0.474. The number of nitrogen functional groups attached to an aromatic ring is 1. The van der Waals surface area contributed by atoms with Gasteiger partial charge in [-0.3, -0.25) is 4.79 Å². The van der Waals surface area contributed by atoms with E-state index in [0.29, 0.717) is 6.54 Å². The number of likely N-dealkylation sites (N-methyl/N-ethyl adjacent to an activating group) is 1. The number of benzene rings is 1. The van der Waals surface area contributed by atoms with Crippen molar-refractivity contribution >= 4 is 22.3 Å². The maximum atomic E-state index is 15.6. The largest absolute Gasteiger partial charge is 0.396 e. The summed E-state index contributed by atoms with van der Waals surface area (Å²) in [5.74, 6) is -1.81. The summed E-state index contributed by atoms with van der Waals surface area (Å²) in [7, 11) is 3.31.